The van der Waals surface area contributed by atoms with Crippen molar-refractivity contribution in [3.8, 4) is 23.0 Å². The van der Waals surface area contributed by atoms with E-state index < -0.39 is 17.1 Å². The SMILES string of the molecule is COc1cccc(/C=C(/NC(=O)c2ccccc2)C(=O)Nc2cccc(SC(C(=O)Nc3ccc4c(c3)OCCO4)c3ccccc3)c2)c1OC. The molecule has 3 amide bonds. The number of para-hydroxylation sites is 1. The average Bonchev–Trinajstić information content (AvgIpc) is 3.17. The molecule has 0 aliphatic carbocycles. The van der Waals surface area contributed by atoms with Crippen LogP contribution in [-0.4, -0.2) is 45.2 Å². The molecule has 6 rings (SSSR count). The van der Waals surface area contributed by atoms with Gasteiger partial charge in [-0.2, -0.15) is 0 Å². The summed E-state index contributed by atoms with van der Waals surface area (Å²) in [6.07, 6.45) is 1.53. The zero-order valence-electron chi connectivity index (χ0n) is 27.9. The van der Waals surface area contributed by atoms with Gasteiger partial charge in [-0.15, -0.1) is 11.8 Å². The lowest BCUT2D eigenvalue weighted by Gasteiger charge is -2.20. The topological polar surface area (TPSA) is 124 Å². The molecule has 0 bridgehead atoms. The number of hydrogen-bond donors (Lipinski definition) is 3. The zero-order chi connectivity index (χ0) is 35.6. The molecule has 1 heterocycles. The third-order valence-electron chi connectivity index (χ3n) is 7.76. The van der Waals surface area contributed by atoms with Crippen LogP contribution < -0.4 is 34.9 Å². The van der Waals surface area contributed by atoms with Gasteiger partial charge in [-0.1, -0.05) is 66.7 Å². The zero-order valence-corrected chi connectivity index (χ0v) is 28.7. The Hall–Kier alpha value is -6.20. The lowest BCUT2D eigenvalue weighted by molar-refractivity contribution is -0.116. The molecule has 0 spiro atoms. The molecule has 1 aliphatic heterocycles. The molecule has 51 heavy (non-hydrogen) atoms. The van der Waals surface area contributed by atoms with Crippen LogP contribution in [0.25, 0.3) is 6.08 Å². The molecular weight excluding hydrogens is 667 g/mol. The van der Waals surface area contributed by atoms with E-state index in [2.05, 4.69) is 16.0 Å². The number of carbonyl (C=O) groups excluding carboxylic acids is 3. The number of ether oxygens (including phenoxy) is 4. The molecule has 0 saturated heterocycles. The minimum Gasteiger partial charge on any atom is -0.493 e. The van der Waals surface area contributed by atoms with Crippen molar-refractivity contribution >= 4 is 46.9 Å². The molecule has 258 valence electrons. The maximum absolute atomic E-state index is 13.9. The van der Waals surface area contributed by atoms with Crippen LogP contribution in [0.2, 0.25) is 0 Å². The normalized spacial score (nSPS) is 12.6. The van der Waals surface area contributed by atoms with Crippen LogP contribution in [-0.2, 0) is 9.59 Å². The first-order valence-electron chi connectivity index (χ1n) is 16.0. The van der Waals surface area contributed by atoms with Gasteiger partial charge in [-0.05, 0) is 60.2 Å². The summed E-state index contributed by atoms with van der Waals surface area (Å²) < 4.78 is 22.3. The largest absolute Gasteiger partial charge is 0.493 e. The van der Waals surface area contributed by atoms with Gasteiger partial charge in [0, 0.05) is 33.5 Å². The Balaban J connectivity index is 1.25. The van der Waals surface area contributed by atoms with Gasteiger partial charge in [0.25, 0.3) is 11.8 Å². The lowest BCUT2D eigenvalue weighted by Crippen LogP contribution is -2.30. The van der Waals surface area contributed by atoms with Gasteiger partial charge in [-0.3, -0.25) is 14.4 Å². The first kappa shape index (κ1) is 34.7. The molecule has 10 nitrogen and oxygen atoms in total. The molecule has 5 aromatic carbocycles. The fourth-order valence-corrected chi connectivity index (χ4v) is 6.42. The Morgan fingerprint density at radius 3 is 2.18 bits per heavy atom. The van der Waals surface area contributed by atoms with Crippen LogP contribution >= 0.6 is 11.8 Å². The third kappa shape index (κ3) is 8.70. The minimum absolute atomic E-state index is 0.0190. The van der Waals surface area contributed by atoms with Gasteiger partial charge in [0.2, 0.25) is 5.91 Å². The highest BCUT2D eigenvalue weighted by Gasteiger charge is 2.24. The van der Waals surface area contributed by atoms with Crippen LogP contribution in [0.3, 0.4) is 0 Å². The van der Waals surface area contributed by atoms with Crippen LogP contribution in [0.5, 0.6) is 23.0 Å². The number of carbonyl (C=O) groups is 3. The molecule has 1 aliphatic rings. The molecule has 5 aromatic rings. The van der Waals surface area contributed by atoms with Crippen molar-refractivity contribution < 1.29 is 33.3 Å². The van der Waals surface area contributed by atoms with E-state index in [1.165, 1.54) is 32.1 Å². The first-order chi connectivity index (χ1) is 24.9. The predicted molar refractivity (Wildman–Crippen MR) is 198 cm³/mol. The highest BCUT2D eigenvalue weighted by atomic mass is 32.2. The number of hydrogen-bond acceptors (Lipinski definition) is 8. The summed E-state index contributed by atoms with van der Waals surface area (Å²) in [4.78, 5) is 41.6. The summed E-state index contributed by atoms with van der Waals surface area (Å²) in [6.45, 7) is 0.910. The number of amides is 3. The summed E-state index contributed by atoms with van der Waals surface area (Å²) in [6, 6.07) is 35.7. The predicted octanol–water partition coefficient (Wildman–Crippen LogP) is 7.36. The van der Waals surface area contributed by atoms with Gasteiger partial charge in [0.1, 0.15) is 24.2 Å². The Morgan fingerprint density at radius 1 is 0.725 bits per heavy atom. The summed E-state index contributed by atoms with van der Waals surface area (Å²) >= 11 is 1.33. The molecule has 11 heteroatoms. The molecule has 1 unspecified atom stereocenters. The number of nitrogens with one attached hydrogen (secondary N) is 3. The number of anilines is 2. The third-order valence-corrected chi connectivity index (χ3v) is 9.01. The molecule has 3 N–H and O–H groups in total. The number of rotatable bonds is 12. The van der Waals surface area contributed by atoms with Crippen LogP contribution in [0.4, 0.5) is 11.4 Å². The number of thioether (sulfide) groups is 1. The van der Waals surface area contributed by atoms with Crippen molar-refractivity contribution in [2.75, 3.05) is 38.1 Å². The van der Waals surface area contributed by atoms with E-state index >= 15 is 0 Å². The highest BCUT2D eigenvalue weighted by Crippen LogP contribution is 2.39. The van der Waals surface area contributed by atoms with Gasteiger partial charge in [0.15, 0.2) is 23.0 Å². The molecule has 0 radical (unpaired) electrons. The summed E-state index contributed by atoms with van der Waals surface area (Å²) in [5, 5.41) is 8.04. The second-order valence-corrected chi connectivity index (χ2v) is 12.4. The second-order valence-electron chi connectivity index (χ2n) is 11.2. The van der Waals surface area contributed by atoms with E-state index in [0.29, 0.717) is 58.7 Å². The Kier molecular flexibility index (Phi) is 11.2. The fourth-order valence-electron chi connectivity index (χ4n) is 5.33. The second kappa shape index (κ2) is 16.5. The van der Waals surface area contributed by atoms with E-state index in [1.807, 2.05) is 36.4 Å². The number of fused-ring (bicyclic) bond motifs is 1. The standard InChI is InChI=1S/C40H35N3O7S/c1-47-34-18-9-15-28(36(34)48-2)23-32(43-38(44)27-13-7-4-8-14-27)39(45)41-29-16-10-17-31(24-29)51-37(26-11-5-3-6-12-26)40(46)42-30-19-20-33-35(25-30)50-22-21-49-33/h3-20,23-25,37H,21-22H2,1-2H3,(H,41,45)(H,42,46)(H,43,44)/b32-23+. The van der Waals surface area contributed by atoms with Crippen LogP contribution in [0, 0.1) is 0 Å². The van der Waals surface area contributed by atoms with Crippen molar-refractivity contribution in [3.63, 3.8) is 0 Å². The maximum Gasteiger partial charge on any atom is 0.272 e. The van der Waals surface area contributed by atoms with E-state index in [-0.39, 0.29) is 11.6 Å². The van der Waals surface area contributed by atoms with Gasteiger partial charge in [-0.25, -0.2) is 0 Å². The van der Waals surface area contributed by atoms with E-state index in [4.69, 9.17) is 18.9 Å². The molecule has 0 fully saturated rings. The molecule has 0 aromatic heterocycles. The van der Waals surface area contributed by atoms with Crippen molar-refractivity contribution in [2.24, 2.45) is 0 Å². The number of methoxy groups -OCH3 is 2. The number of benzene rings is 5. The summed E-state index contributed by atoms with van der Waals surface area (Å²) in [7, 11) is 3.02. The monoisotopic (exact) mass is 701 g/mol. The Bertz CT molecular complexity index is 2050. The van der Waals surface area contributed by atoms with Gasteiger partial charge in [0.05, 0.1) is 14.2 Å². The van der Waals surface area contributed by atoms with Crippen molar-refractivity contribution in [3.05, 3.63) is 144 Å². The van der Waals surface area contributed by atoms with E-state index in [9.17, 15) is 14.4 Å². The van der Waals surface area contributed by atoms with Crippen molar-refractivity contribution in [1.82, 2.24) is 5.32 Å². The van der Waals surface area contributed by atoms with Crippen molar-refractivity contribution in [2.45, 2.75) is 10.1 Å². The van der Waals surface area contributed by atoms with Gasteiger partial charge >= 0.3 is 0 Å². The highest BCUT2D eigenvalue weighted by molar-refractivity contribution is 8.00. The Morgan fingerprint density at radius 2 is 1.43 bits per heavy atom. The van der Waals surface area contributed by atoms with Crippen LogP contribution in [0.1, 0.15) is 26.7 Å². The smallest absolute Gasteiger partial charge is 0.272 e. The minimum atomic E-state index is -0.633. The summed E-state index contributed by atoms with van der Waals surface area (Å²) in [5.74, 6) is 0.811. The van der Waals surface area contributed by atoms with E-state index in [1.54, 1.807) is 84.9 Å². The molecular formula is C40H35N3O7S. The molecule has 0 saturated carbocycles. The fraction of sp³-hybridized carbons (Fsp3) is 0.125. The lowest BCUT2D eigenvalue weighted by atomic mass is 10.1. The first-order valence-corrected chi connectivity index (χ1v) is 16.9. The quantitative estimate of drug-likeness (QED) is 0.0911. The summed E-state index contributed by atoms with van der Waals surface area (Å²) in [5.41, 5.74) is 2.73. The maximum atomic E-state index is 13.9. The van der Waals surface area contributed by atoms with E-state index in [0.717, 1.165) is 10.5 Å². The van der Waals surface area contributed by atoms with Crippen LogP contribution in [0.15, 0.2) is 132 Å². The average molecular weight is 702 g/mol. The van der Waals surface area contributed by atoms with Gasteiger partial charge < -0.3 is 34.9 Å². The Labute approximate surface area is 299 Å². The molecule has 1 atom stereocenters. The van der Waals surface area contributed by atoms with Crippen molar-refractivity contribution in [1.29, 1.82) is 0 Å².